The zero-order chi connectivity index (χ0) is 11.5. The largest absolute Gasteiger partial charge is 0.457 e. The van der Waals surface area contributed by atoms with Gasteiger partial charge in [0.15, 0.2) is 4.67 Å². The van der Waals surface area contributed by atoms with Gasteiger partial charge in [-0.2, -0.15) is 0 Å². The van der Waals surface area contributed by atoms with Crippen LogP contribution in [0.1, 0.15) is 10.4 Å². The molecular weight excluding hydrogens is 340 g/mol. The first-order chi connectivity index (χ1) is 7.66. The average Bonchev–Trinajstić information content (AvgIpc) is 2.64. The van der Waals surface area contributed by atoms with E-state index in [0.29, 0.717) is 16.1 Å². The predicted octanol–water partition coefficient (Wildman–Crippen LogP) is 3.45. The first kappa shape index (κ1) is 11.3. The van der Waals surface area contributed by atoms with E-state index < -0.39 is 0 Å². The summed E-state index contributed by atoms with van der Waals surface area (Å²) >= 11 is 6.43. The summed E-state index contributed by atoms with van der Waals surface area (Å²) in [6.07, 6.45) is 3.04. The molecule has 0 bridgehead atoms. The lowest BCUT2D eigenvalue weighted by Gasteiger charge is -2.02. The first-order valence-corrected chi connectivity index (χ1v) is 5.91. The highest BCUT2D eigenvalue weighted by molar-refractivity contribution is 9.10. The number of hydrogen-bond donors (Lipinski definition) is 1. The van der Waals surface area contributed by atoms with Crippen molar-refractivity contribution in [3.05, 3.63) is 45.4 Å². The second-order valence-corrected chi connectivity index (χ2v) is 4.56. The Hall–Kier alpha value is -1.14. The number of anilines is 1. The second-order valence-electron chi connectivity index (χ2n) is 2.92. The maximum Gasteiger partial charge on any atom is 0.261 e. The van der Waals surface area contributed by atoms with Crippen LogP contribution in [0.25, 0.3) is 0 Å². The molecule has 0 atom stereocenters. The minimum absolute atomic E-state index is 0.272. The van der Waals surface area contributed by atoms with Crippen LogP contribution >= 0.6 is 31.9 Å². The van der Waals surface area contributed by atoms with Gasteiger partial charge in [0, 0.05) is 10.7 Å². The van der Waals surface area contributed by atoms with E-state index >= 15 is 0 Å². The maximum atomic E-state index is 11.8. The number of pyridine rings is 1. The molecule has 1 amide bonds. The molecule has 6 heteroatoms. The highest BCUT2D eigenvalue weighted by Crippen LogP contribution is 2.19. The van der Waals surface area contributed by atoms with Crippen LogP contribution in [0.4, 0.5) is 5.82 Å². The number of furan rings is 1. The lowest BCUT2D eigenvalue weighted by molar-refractivity contribution is 0.102. The van der Waals surface area contributed by atoms with Crippen molar-refractivity contribution in [3.63, 3.8) is 0 Å². The SMILES string of the molecule is O=C(Nc1cc(Br)ccn1)c1ccoc1Br. The Kier molecular flexibility index (Phi) is 3.40. The van der Waals surface area contributed by atoms with Crippen molar-refractivity contribution in [2.24, 2.45) is 0 Å². The van der Waals surface area contributed by atoms with Crippen molar-refractivity contribution in [2.45, 2.75) is 0 Å². The van der Waals surface area contributed by atoms with Crippen molar-refractivity contribution in [2.75, 3.05) is 5.32 Å². The van der Waals surface area contributed by atoms with Gasteiger partial charge in [-0.1, -0.05) is 15.9 Å². The molecule has 0 fully saturated rings. The number of nitrogens with zero attached hydrogens (tertiary/aromatic N) is 1. The van der Waals surface area contributed by atoms with Crippen LogP contribution in [-0.4, -0.2) is 10.9 Å². The summed E-state index contributed by atoms with van der Waals surface area (Å²) in [7, 11) is 0. The standard InChI is InChI=1S/C10H6Br2N2O2/c11-6-1-3-13-8(5-6)14-10(15)7-2-4-16-9(7)12/h1-5H,(H,13,14,15). The summed E-state index contributed by atoms with van der Waals surface area (Å²) in [5.74, 6) is 0.207. The van der Waals surface area contributed by atoms with Gasteiger partial charge in [0.25, 0.3) is 5.91 Å². The van der Waals surface area contributed by atoms with Gasteiger partial charge in [-0.25, -0.2) is 4.98 Å². The number of aromatic nitrogens is 1. The molecule has 2 heterocycles. The minimum atomic E-state index is -0.272. The topological polar surface area (TPSA) is 55.1 Å². The summed E-state index contributed by atoms with van der Waals surface area (Å²) in [6, 6.07) is 5.08. The first-order valence-electron chi connectivity index (χ1n) is 4.33. The van der Waals surface area contributed by atoms with E-state index in [1.54, 1.807) is 24.4 Å². The predicted molar refractivity (Wildman–Crippen MR) is 66.3 cm³/mol. The van der Waals surface area contributed by atoms with Gasteiger partial charge in [0.1, 0.15) is 5.82 Å². The fraction of sp³-hybridized carbons (Fsp3) is 0. The van der Waals surface area contributed by atoms with Gasteiger partial charge in [0.2, 0.25) is 0 Å². The van der Waals surface area contributed by atoms with Crippen molar-refractivity contribution >= 4 is 43.6 Å². The molecule has 4 nitrogen and oxygen atoms in total. The van der Waals surface area contributed by atoms with Gasteiger partial charge < -0.3 is 9.73 Å². The van der Waals surface area contributed by atoms with Gasteiger partial charge in [-0.05, 0) is 34.1 Å². The molecular formula is C10H6Br2N2O2. The summed E-state index contributed by atoms with van der Waals surface area (Å²) in [4.78, 5) is 15.8. The van der Waals surface area contributed by atoms with Gasteiger partial charge in [-0.15, -0.1) is 0 Å². The summed E-state index contributed by atoms with van der Waals surface area (Å²) in [5.41, 5.74) is 0.432. The van der Waals surface area contributed by atoms with Crippen LogP contribution in [0.2, 0.25) is 0 Å². The minimum Gasteiger partial charge on any atom is -0.457 e. The Bertz CT molecular complexity index is 525. The number of rotatable bonds is 2. The Morgan fingerprint density at radius 2 is 2.19 bits per heavy atom. The maximum absolute atomic E-state index is 11.8. The van der Waals surface area contributed by atoms with Crippen LogP contribution in [0.5, 0.6) is 0 Å². The molecule has 16 heavy (non-hydrogen) atoms. The summed E-state index contributed by atoms with van der Waals surface area (Å²) < 4.78 is 6.23. The van der Waals surface area contributed by atoms with Gasteiger partial charge in [0.05, 0.1) is 11.8 Å². The van der Waals surface area contributed by atoms with Crippen LogP contribution in [0, 0.1) is 0 Å². The zero-order valence-corrected chi connectivity index (χ0v) is 11.1. The molecule has 0 aliphatic carbocycles. The second kappa shape index (κ2) is 4.80. The van der Waals surface area contributed by atoms with Crippen LogP contribution in [-0.2, 0) is 0 Å². The zero-order valence-electron chi connectivity index (χ0n) is 7.91. The molecule has 0 unspecified atom stereocenters. The molecule has 2 rings (SSSR count). The van der Waals surface area contributed by atoms with E-state index in [-0.39, 0.29) is 5.91 Å². The number of amides is 1. The van der Waals surface area contributed by atoms with Crippen molar-refractivity contribution in [1.82, 2.24) is 4.98 Å². The summed E-state index contributed by atoms with van der Waals surface area (Å²) in [6.45, 7) is 0. The Morgan fingerprint density at radius 1 is 1.38 bits per heavy atom. The number of carbonyl (C=O) groups excluding carboxylic acids is 1. The number of carbonyl (C=O) groups is 1. The highest BCUT2D eigenvalue weighted by atomic mass is 79.9. The molecule has 82 valence electrons. The van der Waals surface area contributed by atoms with E-state index in [4.69, 9.17) is 4.42 Å². The van der Waals surface area contributed by atoms with E-state index in [1.165, 1.54) is 6.26 Å². The average molecular weight is 346 g/mol. The molecule has 2 aromatic heterocycles. The fourth-order valence-electron chi connectivity index (χ4n) is 1.11. The van der Waals surface area contributed by atoms with E-state index in [0.717, 1.165) is 4.47 Å². The Morgan fingerprint density at radius 3 is 2.81 bits per heavy atom. The lowest BCUT2D eigenvalue weighted by Crippen LogP contribution is -2.12. The smallest absolute Gasteiger partial charge is 0.261 e. The third-order valence-electron chi connectivity index (χ3n) is 1.83. The Labute approximate surface area is 108 Å². The molecule has 0 aliphatic heterocycles. The fourth-order valence-corrected chi connectivity index (χ4v) is 1.87. The van der Waals surface area contributed by atoms with Crippen LogP contribution in [0.15, 0.2) is 44.2 Å². The highest BCUT2D eigenvalue weighted by Gasteiger charge is 2.13. The van der Waals surface area contributed by atoms with Crippen molar-refractivity contribution < 1.29 is 9.21 Å². The molecule has 0 saturated heterocycles. The van der Waals surface area contributed by atoms with Gasteiger partial charge >= 0.3 is 0 Å². The third kappa shape index (κ3) is 2.51. The van der Waals surface area contributed by atoms with Crippen molar-refractivity contribution in [3.8, 4) is 0 Å². The molecule has 0 radical (unpaired) electrons. The molecule has 2 aromatic rings. The van der Waals surface area contributed by atoms with Crippen LogP contribution < -0.4 is 5.32 Å². The summed E-state index contributed by atoms with van der Waals surface area (Å²) in [5, 5.41) is 2.66. The quantitative estimate of drug-likeness (QED) is 0.906. The van der Waals surface area contributed by atoms with E-state index in [1.807, 2.05) is 0 Å². The third-order valence-corrected chi connectivity index (χ3v) is 2.93. The van der Waals surface area contributed by atoms with E-state index in [2.05, 4.69) is 42.2 Å². The number of hydrogen-bond acceptors (Lipinski definition) is 3. The van der Waals surface area contributed by atoms with Crippen LogP contribution in [0.3, 0.4) is 0 Å². The monoisotopic (exact) mass is 344 g/mol. The molecule has 0 aliphatic rings. The normalized spacial score (nSPS) is 10.1. The number of nitrogens with one attached hydrogen (secondary N) is 1. The Balaban J connectivity index is 2.17. The molecule has 0 spiro atoms. The van der Waals surface area contributed by atoms with Crippen molar-refractivity contribution in [1.29, 1.82) is 0 Å². The molecule has 0 aromatic carbocycles. The number of halogens is 2. The molecule has 1 N–H and O–H groups in total. The van der Waals surface area contributed by atoms with E-state index in [9.17, 15) is 4.79 Å². The van der Waals surface area contributed by atoms with Gasteiger partial charge in [-0.3, -0.25) is 4.79 Å². The molecule has 0 saturated carbocycles. The lowest BCUT2D eigenvalue weighted by atomic mass is 10.3.